The van der Waals surface area contributed by atoms with Crippen LogP contribution in [0, 0.1) is 0 Å². The van der Waals surface area contributed by atoms with Crippen LogP contribution in [-0.2, 0) is 0 Å². The molecule has 2 rings (SSSR count). The molecule has 110 valence electrons. The van der Waals surface area contributed by atoms with Crippen molar-refractivity contribution in [2.75, 3.05) is 26.2 Å². The Hall–Kier alpha value is -1.49. The minimum Gasteiger partial charge on any atom is -0.490 e. The third-order valence-electron chi connectivity index (χ3n) is 3.18. The number of rotatable bonds is 4. The van der Waals surface area contributed by atoms with E-state index in [-0.39, 0.29) is 6.03 Å². The Morgan fingerprint density at radius 3 is 2.80 bits per heavy atom. The van der Waals surface area contributed by atoms with Crippen LogP contribution >= 0.6 is 11.6 Å². The Morgan fingerprint density at radius 2 is 2.10 bits per heavy atom. The second-order valence-electron chi connectivity index (χ2n) is 4.67. The second-order valence-corrected chi connectivity index (χ2v) is 5.08. The van der Waals surface area contributed by atoms with Crippen LogP contribution < -0.4 is 10.1 Å². The minimum absolute atomic E-state index is 0.167. The van der Waals surface area contributed by atoms with Crippen LogP contribution in [0.1, 0.15) is 12.8 Å². The molecule has 1 aliphatic heterocycles. The molecule has 0 aromatic heterocycles. The molecule has 1 saturated heterocycles. The van der Waals surface area contributed by atoms with Crippen LogP contribution in [0.2, 0.25) is 5.02 Å². The van der Waals surface area contributed by atoms with Gasteiger partial charge in [-0.2, -0.15) is 0 Å². The zero-order chi connectivity index (χ0) is 14.4. The highest BCUT2D eigenvalue weighted by atomic mass is 35.5. The molecule has 1 aliphatic rings. The summed E-state index contributed by atoms with van der Waals surface area (Å²) >= 11 is 5.95. The summed E-state index contributed by atoms with van der Waals surface area (Å²) in [5.41, 5.74) is 0. The molecule has 4 nitrogen and oxygen atoms in total. The van der Waals surface area contributed by atoms with Gasteiger partial charge in [0.1, 0.15) is 18.5 Å². The maximum atomic E-state index is 13.0. The van der Waals surface area contributed by atoms with Crippen LogP contribution in [0.15, 0.2) is 24.3 Å². The van der Waals surface area contributed by atoms with Gasteiger partial charge in [0.05, 0.1) is 11.6 Å². The maximum Gasteiger partial charge on any atom is 0.317 e. The number of piperidine rings is 1. The SMILES string of the molecule is O=C(NCCOc1ccccc1Cl)N1CCC(F)CC1. The molecule has 20 heavy (non-hydrogen) atoms. The molecule has 0 aliphatic carbocycles. The fourth-order valence-electron chi connectivity index (χ4n) is 2.04. The summed E-state index contributed by atoms with van der Waals surface area (Å²) in [5, 5.41) is 3.30. The predicted octanol–water partition coefficient (Wildman–Crippen LogP) is 2.86. The van der Waals surface area contributed by atoms with Gasteiger partial charge in [-0.25, -0.2) is 9.18 Å². The lowest BCUT2D eigenvalue weighted by molar-refractivity contribution is 0.151. The Balaban J connectivity index is 1.66. The number of carbonyl (C=O) groups excluding carboxylic acids is 1. The summed E-state index contributed by atoms with van der Waals surface area (Å²) in [7, 11) is 0. The Labute approximate surface area is 122 Å². The summed E-state index contributed by atoms with van der Waals surface area (Å²) in [6, 6.07) is 7.01. The minimum atomic E-state index is -0.775. The van der Waals surface area contributed by atoms with Crippen molar-refractivity contribution in [3.8, 4) is 5.75 Å². The van der Waals surface area contributed by atoms with E-state index >= 15 is 0 Å². The number of amides is 2. The summed E-state index contributed by atoms with van der Waals surface area (Å²) in [6.07, 6.45) is 0.0650. The average molecular weight is 301 g/mol. The molecule has 0 saturated carbocycles. The number of urea groups is 1. The van der Waals surface area contributed by atoms with Crippen molar-refractivity contribution < 1.29 is 13.9 Å². The van der Waals surface area contributed by atoms with Gasteiger partial charge < -0.3 is 15.0 Å². The van der Waals surface area contributed by atoms with Crippen molar-refractivity contribution in [1.29, 1.82) is 0 Å². The third-order valence-corrected chi connectivity index (χ3v) is 3.50. The highest BCUT2D eigenvalue weighted by molar-refractivity contribution is 6.32. The number of nitrogens with one attached hydrogen (secondary N) is 1. The van der Waals surface area contributed by atoms with Crippen LogP contribution in [0.5, 0.6) is 5.75 Å². The maximum absolute atomic E-state index is 13.0. The fourth-order valence-corrected chi connectivity index (χ4v) is 2.23. The summed E-state index contributed by atoms with van der Waals surface area (Å²) in [6.45, 7) is 1.67. The number of hydrogen-bond acceptors (Lipinski definition) is 2. The van der Waals surface area contributed by atoms with Crippen molar-refractivity contribution in [1.82, 2.24) is 10.2 Å². The highest BCUT2D eigenvalue weighted by Crippen LogP contribution is 2.22. The van der Waals surface area contributed by atoms with E-state index in [1.54, 1.807) is 17.0 Å². The van der Waals surface area contributed by atoms with E-state index in [1.807, 2.05) is 12.1 Å². The number of ether oxygens (including phenoxy) is 1. The van der Waals surface area contributed by atoms with E-state index in [0.717, 1.165) is 0 Å². The van der Waals surface area contributed by atoms with E-state index in [0.29, 0.717) is 49.9 Å². The number of carbonyl (C=O) groups is 1. The van der Waals surface area contributed by atoms with E-state index < -0.39 is 6.17 Å². The van der Waals surface area contributed by atoms with E-state index in [9.17, 15) is 9.18 Å². The van der Waals surface area contributed by atoms with Gasteiger partial charge in [-0.3, -0.25) is 0 Å². The second kappa shape index (κ2) is 7.33. The van der Waals surface area contributed by atoms with Crippen molar-refractivity contribution in [2.45, 2.75) is 19.0 Å². The lowest BCUT2D eigenvalue weighted by atomic mass is 10.1. The standard InChI is InChI=1S/C14H18ClFN2O2/c15-12-3-1-2-4-13(12)20-10-7-17-14(19)18-8-5-11(16)6-9-18/h1-4,11H,5-10H2,(H,17,19). The number of benzene rings is 1. The first-order valence-corrected chi connectivity index (χ1v) is 7.09. The van der Waals surface area contributed by atoms with Gasteiger partial charge in [0, 0.05) is 13.1 Å². The summed E-state index contributed by atoms with van der Waals surface area (Å²) in [4.78, 5) is 13.4. The number of nitrogens with zero attached hydrogens (tertiary/aromatic N) is 1. The number of hydrogen-bond donors (Lipinski definition) is 1. The van der Waals surface area contributed by atoms with Gasteiger partial charge >= 0.3 is 6.03 Å². The average Bonchev–Trinajstić information content (AvgIpc) is 2.46. The van der Waals surface area contributed by atoms with Gasteiger partial charge in [-0.05, 0) is 25.0 Å². The van der Waals surface area contributed by atoms with Gasteiger partial charge in [-0.1, -0.05) is 23.7 Å². The van der Waals surface area contributed by atoms with E-state index in [2.05, 4.69) is 5.32 Å². The normalized spacial score (nSPS) is 16.0. The van der Waals surface area contributed by atoms with Crippen molar-refractivity contribution in [3.63, 3.8) is 0 Å². The van der Waals surface area contributed by atoms with Gasteiger partial charge in [0.25, 0.3) is 0 Å². The van der Waals surface area contributed by atoms with E-state index in [4.69, 9.17) is 16.3 Å². The fraction of sp³-hybridized carbons (Fsp3) is 0.500. The summed E-state index contributed by atoms with van der Waals surface area (Å²) in [5.74, 6) is 0.599. The smallest absolute Gasteiger partial charge is 0.317 e. The largest absolute Gasteiger partial charge is 0.490 e. The topological polar surface area (TPSA) is 41.6 Å². The predicted molar refractivity (Wildman–Crippen MR) is 76.0 cm³/mol. The Morgan fingerprint density at radius 1 is 1.40 bits per heavy atom. The molecule has 1 fully saturated rings. The zero-order valence-corrected chi connectivity index (χ0v) is 11.9. The third kappa shape index (κ3) is 4.27. The molecule has 1 aromatic rings. The molecular weight excluding hydrogens is 283 g/mol. The molecule has 6 heteroatoms. The molecular formula is C14H18ClFN2O2. The first kappa shape index (κ1) is 14.9. The molecule has 1 heterocycles. The molecule has 1 aromatic carbocycles. The number of likely N-dealkylation sites (tertiary alicyclic amines) is 1. The van der Waals surface area contributed by atoms with Crippen LogP contribution in [0.4, 0.5) is 9.18 Å². The Kier molecular flexibility index (Phi) is 5.47. The number of alkyl halides is 1. The molecule has 0 bridgehead atoms. The van der Waals surface area contributed by atoms with Crippen molar-refractivity contribution >= 4 is 17.6 Å². The molecule has 1 N–H and O–H groups in total. The first-order chi connectivity index (χ1) is 9.66. The molecule has 0 unspecified atom stereocenters. The monoisotopic (exact) mass is 300 g/mol. The van der Waals surface area contributed by atoms with Gasteiger partial charge in [0.15, 0.2) is 0 Å². The highest BCUT2D eigenvalue weighted by Gasteiger charge is 2.21. The van der Waals surface area contributed by atoms with Crippen LogP contribution in [0.25, 0.3) is 0 Å². The number of halogens is 2. The Bertz CT molecular complexity index is 451. The lowest BCUT2D eigenvalue weighted by Gasteiger charge is -2.28. The zero-order valence-electron chi connectivity index (χ0n) is 11.1. The lowest BCUT2D eigenvalue weighted by Crippen LogP contribution is -2.45. The van der Waals surface area contributed by atoms with Gasteiger partial charge in [-0.15, -0.1) is 0 Å². The van der Waals surface area contributed by atoms with Gasteiger partial charge in [0.2, 0.25) is 0 Å². The van der Waals surface area contributed by atoms with E-state index in [1.165, 1.54) is 0 Å². The molecule has 0 atom stereocenters. The first-order valence-electron chi connectivity index (χ1n) is 6.71. The molecule has 2 amide bonds. The van der Waals surface area contributed by atoms with Crippen molar-refractivity contribution in [2.24, 2.45) is 0 Å². The van der Waals surface area contributed by atoms with Crippen LogP contribution in [-0.4, -0.2) is 43.3 Å². The molecule has 0 radical (unpaired) electrons. The molecule has 0 spiro atoms. The number of para-hydroxylation sites is 1. The quantitative estimate of drug-likeness (QED) is 0.869. The van der Waals surface area contributed by atoms with Crippen LogP contribution in [0.3, 0.4) is 0 Å². The van der Waals surface area contributed by atoms with Crippen molar-refractivity contribution in [3.05, 3.63) is 29.3 Å². The summed E-state index contributed by atoms with van der Waals surface area (Å²) < 4.78 is 18.4.